The van der Waals surface area contributed by atoms with Crippen LogP contribution in [0.15, 0.2) is 18.7 Å². The highest BCUT2D eigenvalue weighted by molar-refractivity contribution is 4.72. The van der Waals surface area contributed by atoms with E-state index < -0.39 is 0 Å². The number of aryl methyl sites for hydroxylation is 1. The van der Waals surface area contributed by atoms with Crippen molar-refractivity contribution in [3.05, 3.63) is 18.7 Å². The standard InChI is InChI=1S/C32H63N2/c1-4-6-8-10-12-14-15-16-17-18-19-21-23-25-27-32(3)34-30-29-33(31-34)28-26-24-22-20-13-11-9-7-5-2/h29-32H,4-28H2,1-3H3/q+1. The number of hydrogen-bond acceptors (Lipinski definition) is 0. The molecule has 0 bridgehead atoms. The zero-order chi connectivity index (χ0) is 24.5. The summed E-state index contributed by atoms with van der Waals surface area (Å²) in [6.45, 7) is 8.18. The lowest BCUT2D eigenvalue weighted by Crippen LogP contribution is -2.31. The fourth-order valence-corrected chi connectivity index (χ4v) is 5.19. The van der Waals surface area contributed by atoms with Crippen molar-refractivity contribution in [2.24, 2.45) is 0 Å². The van der Waals surface area contributed by atoms with Gasteiger partial charge in [-0.25, -0.2) is 9.13 Å². The molecule has 0 aliphatic carbocycles. The minimum absolute atomic E-state index is 0.640. The van der Waals surface area contributed by atoms with Crippen molar-refractivity contribution in [3.63, 3.8) is 0 Å². The van der Waals surface area contributed by atoms with E-state index in [0.717, 1.165) is 0 Å². The van der Waals surface area contributed by atoms with Crippen molar-refractivity contribution in [2.75, 3.05) is 0 Å². The predicted octanol–water partition coefficient (Wildman–Crippen LogP) is 10.7. The van der Waals surface area contributed by atoms with Crippen LogP contribution in [0.1, 0.15) is 181 Å². The van der Waals surface area contributed by atoms with Crippen molar-refractivity contribution in [3.8, 4) is 0 Å². The highest BCUT2D eigenvalue weighted by atomic mass is 15.1. The Hall–Kier alpha value is -0.790. The number of imidazole rings is 1. The summed E-state index contributed by atoms with van der Waals surface area (Å²) in [7, 11) is 0. The molecule has 0 saturated carbocycles. The average molecular weight is 476 g/mol. The zero-order valence-corrected chi connectivity index (χ0v) is 23.9. The van der Waals surface area contributed by atoms with Gasteiger partial charge in [0.2, 0.25) is 6.33 Å². The SMILES string of the molecule is CCCCCCCCCCCCCCCCC(C)n1cc[n+](CCCCCCCCCCC)c1. The van der Waals surface area contributed by atoms with Crippen LogP contribution >= 0.6 is 0 Å². The van der Waals surface area contributed by atoms with Crippen molar-refractivity contribution < 1.29 is 4.57 Å². The summed E-state index contributed by atoms with van der Waals surface area (Å²) in [6, 6.07) is 0.640. The molecule has 0 saturated heterocycles. The van der Waals surface area contributed by atoms with Gasteiger partial charge in [-0.3, -0.25) is 0 Å². The van der Waals surface area contributed by atoms with E-state index >= 15 is 0 Å². The lowest BCUT2D eigenvalue weighted by Gasteiger charge is -2.08. The van der Waals surface area contributed by atoms with Crippen LogP contribution < -0.4 is 4.57 Å². The molecule has 2 heteroatoms. The van der Waals surface area contributed by atoms with Gasteiger partial charge in [0.15, 0.2) is 0 Å². The van der Waals surface area contributed by atoms with Crippen LogP contribution in [-0.4, -0.2) is 4.57 Å². The highest BCUT2D eigenvalue weighted by Crippen LogP contribution is 2.17. The Kier molecular flexibility index (Phi) is 22.0. The van der Waals surface area contributed by atoms with Gasteiger partial charge in [-0.2, -0.15) is 0 Å². The molecule has 0 fully saturated rings. The summed E-state index contributed by atoms with van der Waals surface area (Å²) in [4.78, 5) is 0. The summed E-state index contributed by atoms with van der Waals surface area (Å²) in [5, 5.41) is 0. The molecule has 0 N–H and O–H groups in total. The van der Waals surface area contributed by atoms with E-state index in [1.807, 2.05) is 0 Å². The Morgan fingerprint density at radius 3 is 1.35 bits per heavy atom. The molecule has 1 rings (SSSR count). The highest BCUT2D eigenvalue weighted by Gasteiger charge is 2.11. The Morgan fingerprint density at radius 2 is 0.912 bits per heavy atom. The van der Waals surface area contributed by atoms with Gasteiger partial charge in [-0.1, -0.05) is 142 Å². The number of rotatable bonds is 26. The normalized spacial score (nSPS) is 12.4. The minimum Gasteiger partial charge on any atom is -0.237 e. The summed E-state index contributed by atoms with van der Waals surface area (Å²) in [5.41, 5.74) is 0. The molecule has 2 nitrogen and oxygen atoms in total. The van der Waals surface area contributed by atoms with E-state index in [1.54, 1.807) is 0 Å². The third kappa shape index (κ3) is 18.5. The molecule has 1 atom stereocenters. The first kappa shape index (κ1) is 31.2. The molecule has 1 aromatic rings. The molecule has 1 heterocycles. The molecular weight excluding hydrogens is 412 g/mol. The molecule has 34 heavy (non-hydrogen) atoms. The average Bonchev–Trinajstić information content (AvgIpc) is 3.32. The van der Waals surface area contributed by atoms with Gasteiger partial charge in [-0.05, 0) is 32.6 Å². The first-order valence-corrected chi connectivity index (χ1v) is 15.8. The molecule has 0 radical (unpaired) electrons. The second-order valence-electron chi connectivity index (χ2n) is 11.2. The molecule has 1 unspecified atom stereocenters. The Bertz CT molecular complexity index is 521. The number of hydrogen-bond donors (Lipinski definition) is 0. The molecule has 0 aromatic carbocycles. The maximum absolute atomic E-state index is 2.44. The zero-order valence-electron chi connectivity index (χ0n) is 23.9. The van der Waals surface area contributed by atoms with Crippen LogP contribution in [0, 0.1) is 0 Å². The molecule has 200 valence electrons. The Morgan fingerprint density at radius 1 is 0.529 bits per heavy atom. The summed E-state index contributed by atoms with van der Waals surface area (Å²) >= 11 is 0. The van der Waals surface area contributed by atoms with E-state index in [0.29, 0.717) is 6.04 Å². The predicted molar refractivity (Wildman–Crippen MR) is 151 cm³/mol. The lowest BCUT2D eigenvalue weighted by atomic mass is 10.0. The maximum atomic E-state index is 2.44. The van der Waals surface area contributed by atoms with E-state index in [-0.39, 0.29) is 0 Å². The van der Waals surface area contributed by atoms with Gasteiger partial charge in [0.1, 0.15) is 12.4 Å². The van der Waals surface area contributed by atoms with E-state index in [4.69, 9.17) is 0 Å². The molecule has 0 aliphatic rings. The molecule has 0 aliphatic heterocycles. The smallest absolute Gasteiger partial charge is 0.237 e. The minimum atomic E-state index is 0.640. The number of unbranched alkanes of at least 4 members (excludes halogenated alkanes) is 21. The second-order valence-corrected chi connectivity index (χ2v) is 11.2. The maximum Gasteiger partial charge on any atom is 0.243 e. The largest absolute Gasteiger partial charge is 0.243 e. The summed E-state index contributed by atoms with van der Waals surface area (Å²) < 4.78 is 4.85. The van der Waals surface area contributed by atoms with Gasteiger partial charge in [-0.15, -0.1) is 0 Å². The molecular formula is C32H63N2+. The first-order chi connectivity index (χ1) is 16.8. The van der Waals surface area contributed by atoms with Crippen LogP contribution in [0.25, 0.3) is 0 Å². The fourth-order valence-electron chi connectivity index (χ4n) is 5.19. The number of nitrogens with zero attached hydrogens (tertiary/aromatic N) is 2. The Balaban J connectivity index is 1.91. The van der Waals surface area contributed by atoms with Crippen molar-refractivity contribution in [1.29, 1.82) is 0 Å². The molecule has 1 aromatic heterocycles. The van der Waals surface area contributed by atoms with Crippen LogP contribution in [0.3, 0.4) is 0 Å². The second kappa shape index (κ2) is 23.9. The van der Waals surface area contributed by atoms with Gasteiger partial charge in [0, 0.05) is 0 Å². The Labute approximate surface area is 215 Å². The van der Waals surface area contributed by atoms with E-state index in [9.17, 15) is 0 Å². The quantitative estimate of drug-likeness (QED) is 0.0930. The number of aromatic nitrogens is 2. The molecule has 0 amide bonds. The van der Waals surface area contributed by atoms with Crippen LogP contribution in [0.2, 0.25) is 0 Å². The van der Waals surface area contributed by atoms with Crippen molar-refractivity contribution >= 4 is 0 Å². The third-order valence-corrected chi connectivity index (χ3v) is 7.72. The van der Waals surface area contributed by atoms with Crippen LogP contribution in [-0.2, 0) is 6.54 Å². The van der Waals surface area contributed by atoms with Crippen molar-refractivity contribution in [2.45, 2.75) is 187 Å². The summed E-state index contributed by atoms with van der Waals surface area (Å²) in [6.07, 6.45) is 41.2. The third-order valence-electron chi connectivity index (χ3n) is 7.72. The van der Waals surface area contributed by atoms with Crippen LogP contribution in [0.4, 0.5) is 0 Å². The molecule has 0 spiro atoms. The lowest BCUT2D eigenvalue weighted by molar-refractivity contribution is -0.697. The first-order valence-electron chi connectivity index (χ1n) is 15.8. The van der Waals surface area contributed by atoms with E-state index in [1.165, 1.54) is 161 Å². The summed E-state index contributed by atoms with van der Waals surface area (Å²) in [5.74, 6) is 0. The van der Waals surface area contributed by atoms with Crippen molar-refractivity contribution in [1.82, 2.24) is 4.57 Å². The topological polar surface area (TPSA) is 8.81 Å². The van der Waals surface area contributed by atoms with Gasteiger partial charge >= 0.3 is 0 Å². The monoisotopic (exact) mass is 475 g/mol. The van der Waals surface area contributed by atoms with Gasteiger partial charge in [0.05, 0.1) is 12.6 Å². The van der Waals surface area contributed by atoms with Crippen LogP contribution in [0.5, 0.6) is 0 Å². The van der Waals surface area contributed by atoms with Gasteiger partial charge < -0.3 is 0 Å². The fraction of sp³-hybridized carbons (Fsp3) is 0.906. The van der Waals surface area contributed by atoms with E-state index in [2.05, 4.69) is 48.6 Å². The van der Waals surface area contributed by atoms with Gasteiger partial charge in [0.25, 0.3) is 0 Å².